The van der Waals surface area contributed by atoms with Crippen molar-refractivity contribution >= 4 is 35.3 Å². The number of nitrogens with zero attached hydrogens (tertiary/aromatic N) is 1. The highest BCUT2D eigenvalue weighted by atomic mass is 16.5. The molecule has 0 spiro atoms. The number of imide groups is 1. The van der Waals surface area contributed by atoms with Gasteiger partial charge < -0.3 is 15.0 Å². The molecule has 2 aliphatic heterocycles. The van der Waals surface area contributed by atoms with Crippen molar-refractivity contribution in [1.82, 2.24) is 10.2 Å². The highest BCUT2D eigenvalue weighted by Gasteiger charge is 2.39. The van der Waals surface area contributed by atoms with Gasteiger partial charge in [-0.05, 0) is 37.0 Å². The minimum atomic E-state index is -0.689. The molecule has 206 valence electrons. The van der Waals surface area contributed by atoms with Crippen LogP contribution in [-0.4, -0.2) is 40.5 Å². The van der Waals surface area contributed by atoms with Gasteiger partial charge in [-0.2, -0.15) is 0 Å². The van der Waals surface area contributed by atoms with E-state index in [1.165, 1.54) is 4.90 Å². The Kier molecular flexibility index (Phi) is 9.83. The van der Waals surface area contributed by atoms with Crippen molar-refractivity contribution in [2.24, 2.45) is 0 Å². The molecule has 0 bridgehead atoms. The van der Waals surface area contributed by atoms with E-state index in [-0.39, 0.29) is 36.7 Å². The number of hydrogen-bond donors (Lipinski definition) is 2. The van der Waals surface area contributed by atoms with E-state index in [4.69, 9.17) is 4.74 Å². The lowest BCUT2D eigenvalue weighted by Gasteiger charge is -2.29. The molecule has 4 amide bonds. The number of carbonyl (C=O) groups excluding carboxylic acids is 5. The summed E-state index contributed by atoms with van der Waals surface area (Å²) in [6, 6.07) is 14.1. The zero-order valence-corrected chi connectivity index (χ0v) is 22.1. The lowest BCUT2D eigenvalue weighted by atomic mass is 10.0. The van der Waals surface area contributed by atoms with Crippen LogP contribution < -0.4 is 10.6 Å². The normalized spacial score (nSPS) is 16.6. The van der Waals surface area contributed by atoms with Gasteiger partial charge in [-0.1, -0.05) is 62.1 Å². The Bertz CT molecular complexity index is 1210. The fourth-order valence-electron chi connectivity index (χ4n) is 4.99. The number of carbonyl (C=O) groups is 5. The van der Waals surface area contributed by atoms with Gasteiger partial charge in [0.25, 0.3) is 5.91 Å². The number of esters is 1. The Morgan fingerprint density at radius 2 is 1.62 bits per heavy atom. The molecular formula is C30H35N3O6. The van der Waals surface area contributed by atoms with Crippen LogP contribution in [-0.2, 0) is 37.1 Å². The van der Waals surface area contributed by atoms with Crippen molar-refractivity contribution in [1.29, 1.82) is 0 Å². The zero-order chi connectivity index (χ0) is 27.6. The van der Waals surface area contributed by atoms with Crippen LogP contribution >= 0.6 is 0 Å². The van der Waals surface area contributed by atoms with Gasteiger partial charge >= 0.3 is 5.97 Å². The summed E-state index contributed by atoms with van der Waals surface area (Å²) >= 11 is 0. The number of rotatable bonds is 13. The topological polar surface area (TPSA) is 122 Å². The molecule has 1 atom stereocenters. The van der Waals surface area contributed by atoms with Crippen LogP contribution in [0.1, 0.15) is 85.7 Å². The molecule has 9 nitrogen and oxygen atoms in total. The Balaban J connectivity index is 1.11. The van der Waals surface area contributed by atoms with E-state index in [2.05, 4.69) is 10.6 Å². The number of unbranched alkanes of at least 4 members (excludes halogenated alkanes) is 5. The second-order valence-electron chi connectivity index (χ2n) is 10.0. The third kappa shape index (κ3) is 7.75. The van der Waals surface area contributed by atoms with E-state index in [1.54, 1.807) is 18.2 Å². The molecule has 9 heteroatoms. The average Bonchev–Trinajstić information content (AvgIpc) is 3.26. The first-order valence-electron chi connectivity index (χ1n) is 13.7. The summed E-state index contributed by atoms with van der Waals surface area (Å²) < 4.78 is 5.29. The average molecular weight is 534 g/mol. The predicted molar refractivity (Wildman–Crippen MR) is 144 cm³/mol. The molecule has 2 aromatic rings. The molecule has 0 radical (unpaired) electrons. The molecule has 0 saturated carbocycles. The Morgan fingerprint density at radius 3 is 2.36 bits per heavy atom. The maximum absolute atomic E-state index is 12.9. The first-order chi connectivity index (χ1) is 18.9. The summed E-state index contributed by atoms with van der Waals surface area (Å²) in [7, 11) is 0. The fourth-order valence-corrected chi connectivity index (χ4v) is 4.99. The molecule has 2 aliphatic rings. The second kappa shape index (κ2) is 13.7. The molecule has 2 heterocycles. The first-order valence-corrected chi connectivity index (χ1v) is 13.7. The lowest BCUT2D eigenvalue weighted by Crippen LogP contribution is -2.52. The molecule has 2 aromatic carbocycles. The zero-order valence-electron chi connectivity index (χ0n) is 22.1. The van der Waals surface area contributed by atoms with Gasteiger partial charge in [0.15, 0.2) is 0 Å². The maximum atomic E-state index is 12.9. The van der Waals surface area contributed by atoms with Crippen LogP contribution in [0.25, 0.3) is 0 Å². The highest BCUT2D eigenvalue weighted by Crippen LogP contribution is 2.32. The van der Waals surface area contributed by atoms with Gasteiger partial charge in [0.2, 0.25) is 17.7 Å². The minimum Gasteiger partial charge on any atom is -0.461 e. The smallest absolute Gasteiger partial charge is 0.306 e. The molecule has 0 aliphatic carbocycles. The van der Waals surface area contributed by atoms with Gasteiger partial charge in [-0.3, -0.25) is 29.3 Å². The van der Waals surface area contributed by atoms with E-state index in [0.29, 0.717) is 42.7 Å². The number of piperidine rings is 1. The van der Waals surface area contributed by atoms with Crippen LogP contribution in [0.2, 0.25) is 0 Å². The molecule has 0 aromatic heterocycles. The summed E-state index contributed by atoms with van der Waals surface area (Å²) in [6.07, 6.45) is 6.68. The molecule has 1 fully saturated rings. The number of ether oxygens (including phenoxy) is 1. The monoisotopic (exact) mass is 533 g/mol. The summed E-state index contributed by atoms with van der Waals surface area (Å²) in [5.74, 6) is -1.34. The van der Waals surface area contributed by atoms with E-state index in [1.807, 2.05) is 30.3 Å². The van der Waals surface area contributed by atoms with Crippen molar-refractivity contribution in [3.8, 4) is 0 Å². The fraction of sp³-hybridized carbons (Fsp3) is 0.433. The van der Waals surface area contributed by atoms with Gasteiger partial charge in [0.1, 0.15) is 12.6 Å². The molecule has 1 unspecified atom stereocenters. The molecular weight excluding hydrogens is 498 g/mol. The largest absolute Gasteiger partial charge is 0.461 e. The van der Waals surface area contributed by atoms with Crippen molar-refractivity contribution in [3.63, 3.8) is 0 Å². The molecule has 2 N–H and O–H groups in total. The third-order valence-electron chi connectivity index (χ3n) is 7.13. The number of nitrogens with one attached hydrogen (secondary N) is 2. The number of fused-ring (bicyclic) bond motifs is 1. The quantitative estimate of drug-likeness (QED) is 0.226. The van der Waals surface area contributed by atoms with Crippen molar-refractivity contribution < 1.29 is 28.7 Å². The van der Waals surface area contributed by atoms with Crippen molar-refractivity contribution in [2.75, 3.05) is 5.32 Å². The van der Waals surface area contributed by atoms with E-state index >= 15 is 0 Å². The standard InChI is InChI=1S/C30H35N3O6/c34-26(15-8-3-1-2-4-9-16-28(36)39-20-21-11-6-5-7-12-21)31-24-14-10-13-22-23(24)19-33(30(22)38)25-17-18-27(35)32-29(25)37/h5-7,10-14,25H,1-4,8-9,15-20H2,(H,31,34)(H,32,35,37). The van der Waals surface area contributed by atoms with Crippen LogP contribution in [0.5, 0.6) is 0 Å². The maximum Gasteiger partial charge on any atom is 0.306 e. The van der Waals surface area contributed by atoms with Crippen LogP contribution in [0.3, 0.4) is 0 Å². The van der Waals surface area contributed by atoms with Crippen LogP contribution in [0, 0.1) is 0 Å². The van der Waals surface area contributed by atoms with Crippen LogP contribution in [0.4, 0.5) is 5.69 Å². The molecule has 1 saturated heterocycles. The lowest BCUT2D eigenvalue weighted by molar-refractivity contribution is -0.145. The number of amides is 4. The van der Waals surface area contributed by atoms with Crippen molar-refractivity contribution in [2.45, 2.75) is 83.4 Å². The Labute approximate surface area is 228 Å². The van der Waals surface area contributed by atoms with Gasteiger partial charge in [-0.15, -0.1) is 0 Å². The molecule has 4 rings (SSSR count). The van der Waals surface area contributed by atoms with E-state index < -0.39 is 11.9 Å². The van der Waals surface area contributed by atoms with Gasteiger partial charge in [0, 0.05) is 42.6 Å². The summed E-state index contributed by atoms with van der Waals surface area (Å²) in [5.41, 5.74) is 2.73. The Morgan fingerprint density at radius 1 is 0.897 bits per heavy atom. The number of benzene rings is 2. The summed E-state index contributed by atoms with van der Waals surface area (Å²) in [4.78, 5) is 62.6. The highest BCUT2D eigenvalue weighted by molar-refractivity contribution is 6.06. The summed E-state index contributed by atoms with van der Waals surface area (Å²) in [6.45, 7) is 0.526. The Hall–Kier alpha value is -4.01. The van der Waals surface area contributed by atoms with Crippen LogP contribution in [0.15, 0.2) is 48.5 Å². The minimum absolute atomic E-state index is 0.114. The number of hydrogen-bond acceptors (Lipinski definition) is 6. The second-order valence-corrected chi connectivity index (χ2v) is 10.0. The van der Waals surface area contributed by atoms with E-state index in [9.17, 15) is 24.0 Å². The SMILES string of the molecule is O=C1CCC(N2Cc3c(NC(=O)CCCCCCCCC(=O)OCc4ccccc4)cccc3C2=O)C(=O)N1. The third-order valence-corrected chi connectivity index (χ3v) is 7.13. The van der Waals surface area contributed by atoms with Gasteiger partial charge in [-0.25, -0.2) is 0 Å². The van der Waals surface area contributed by atoms with Gasteiger partial charge in [0.05, 0.1) is 0 Å². The summed E-state index contributed by atoms with van der Waals surface area (Å²) in [5, 5.41) is 5.23. The van der Waals surface area contributed by atoms with E-state index in [0.717, 1.165) is 44.1 Å². The predicted octanol–water partition coefficient (Wildman–Crippen LogP) is 4.25. The molecule has 39 heavy (non-hydrogen) atoms. The van der Waals surface area contributed by atoms with Crippen molar-refractivity contribution in [3.05, 3.63) is 65.2 Å². The first kappa shape index (κ1) is 28.0. The number of anilines is 1.